The first kappa shape index (κ1) is 20.2. The number of aromatic nitrogens is 2. The maximum atomic E-state index is 4.76. The fraction of sp³-hybridized carbons (Fsp3) is 0.400. The Kier molecular flexibility index (Phi) is 6.56. The third kappa shape index (κ3) is 4.83. The number of hydrogen-bond donors (Lipinski definition) is 2. The van der Waals surface area contributed by atoms with Crippen LogP contribution in [0.25, 0.3) is 16.7 Å². The Morgan fingerprint density at radius 1 is 1.29 bits per heavy atom. The van der Waals surface area contributed by atoms with Crippen molar-refractivity contribution in [1.29, 1.82) is 0 Å². The number of rotatable bonds is 7. The van der Waals surface area contributed by atoms with Gasteiger partial charge in [-0.15, -0.1) is 6.58 Å². The number of H-pyrrole nitrogens is 1. The molecule has 0 saturated heterocycles. The second kappa shape index (κ2) is 9.09. The molecule has 148 valence electrons. The van der Waals surface area contributed by atoms with Crippen LogP contribution in [-0.2, 0) is 0 Å². The molecule has 3 nitrogen and oxygen atoms in total. The number of benzene rings is 1. The van der Waals surface area contributed by atoms with E-state index in [1.807, 2.05) is 13.0 Å². The highest BCUT2D eigenvalue weighted by Gasteiger charge is 2.18. The van der Waals surface area contributed by atoms with Crippen molar-refractivity contribution in [3.8, 4) is 0 Å². The van der Waals surface area contributed by atoms with Crippen LogP contribution < -0.4 is 5.32 Å². The minimum atomic E-state index is 0.0660. The molecule has 0 spiro atoms. The lowest BCUT2D eigenvalue weighted by Crippen LogP contribution is -2.31. The Morgan fingerprint density at radius 2 is 2.04 bits per heavy atom. The molecule has 1 aromatic carbocycles. The van der Waals surface area contributed by atoms with E-state index in [0.717, 1.165) is 34.0 Å². The summed E-state index contributed by atoms with van der Waals surface area (Å²) in [6.45, 7) is 14.7. The number of hydrogen-bond acceptors (Lipinski definition) is 2. The average Bonchev–Trinajstić information content (AvgIpc) is 3.13. The van der Waals surface area contributed by atoms with Gasteiger partial charge in [0, 0.05) is 11.7 Å². The van der Waals surface area contributed by atoms with Gasteiger partial charge in [-0.25, -0.2) is 4.98 Å². The number of imidazole rings is 1. The molecule has 0 bridgehead atoms. The molecule has 0 radical (unpaired) electrons. The van der Waals surface area contributed by atoms with E-state index >= 15 is 0 Å². The summed E-state index contributed by atoms with van der Waals surface area (Å²) in [6.07, 6.45) is 13.3. The summed E-state index contributed by atoms with van der Waals surface area (Å²) >= 11 is 0. The summed E-state index contributed by atoms with van der Waals surface area (Å²) in [5, 5.41) is 3.64. The maximum Gasteiger partial charge on any atom is 0.118 e. The van der Waals surface area contributed by atoms with Crippen molar-refractivity contribution < 1.29 is 0 Å². The second-order valence-corrected chi connectivity index (χ2v) is 8.09. The minimum Gasteiger partial charge on any atom is -0.382 e. The van der Waals surface area contributed by atoms with E-state index in [1.165, 1.54) is 31.3 Å². The first-order valence-electron chi connectivity index (χ1n) is 10.4. The number of fused-ring (bicyclic) bond motifs is 1. The van der Waals surface area contributed by atoms with Crippen LogP contribution in [0.4, 0.5) is 0 Å². The standard InChI is InChI=1S/C25H33N3/c1-6-17(3)8-11-20(7-2)25-27-23-15-12-21(16-24(23)28-25)19(5)26-22-13-9-18(4)10-14-22/h6-8,11-12,15-16,18,20,22,26H,2,5,9-10,13-14H2,1,3-4H3,(H,27,28)/b11-8-,17-6-. The third-order valence-corrected chi connectivity index (χ3v) is 5.83. The van der Waals surface area contributed by atoms with Gasteiger partial charge in [0.25, 0.3) is 0 Å². The molecule has 28 heavy (non-hydrogen) atoms. The van der Waals surface area contributed by atoms with Crippen molar-refractivity contribution >= 4 is 16.7 Å². The Balaban J connectivity index is 1.75. The zero-order valence-corrected chi connectivity index (χ0v) is 17.5. The smallest absolute Gasteiger partial charge is 0.118 e. The molecule has 1 aliphatic carbocycles. The van der Waals surface area contributed by atoms with Crippen LogP contribution in [-0.4, -0.2) is 16.0 Å². The fourth-order valence-electron chi connectivity index (χ4n) is 3.74. The van der Waals surface area contributed by atoms with Crippen LogP contribution in [0.5, 0.6) is 0 Å². The topological polar surface area (TPSA) is 40.7 Å². The monoisotopic (exact) mass is 375 g/mol. The molecule has 2 aromatic rings. The quantitative estimate of drug-likeness (QED) is 0.429. The van der Waals surface area contributed by atoms with Gasteiger partial charge in [0.1, 0.15) is 5.82 Å². The molecular formula is C25H33N3. The lowest BCUT2D eigenvalue weighted by Gasteiger charge is -2.28. The van der Waals surface area contributed by atoms with Crippen LogP contribution in [0.2, 0.25) is 0 Å². The molecule has 2 N–H and O–H groups in total. The van der Waals surface area contributed by atoms with Gasteiger partial charge in [0.05, 0.1) is 17.0 Å². The average molecular weight is 376 g/mol. The Labute approximate surface area is 169 Å². The van der Waals surface area contributed by atoms with Gasteiger partial charge in [-0.05, 0) is 63.1 Å². The molecule has 0 amide bonds. The number of nitrogens with one attached hydrogen (secondary N) is 2. The molecule has 1 aromatic heterocycles. The molecule has 3 rings (SSSR count). The van der Waals surface area contributed by atoms with Crippen LogP contribution in [0.1, 0.15) is 63.8 Å². The zero-order chi connectivity index (χ0) is 20.1. The van der Waals surface area contributed by atoms with Crippen molar-refractivity contribution in [3.63, 3.8) is 0 Å². The predicted octanol–water partition coefficient (Wildman–Crippen LogP) is 6.49. The van der Waals surface area contributed by atoms with E-state index in [1.54, 1.807) is 0 Å². The molecule has 1 saturated carbocycles. The Bertz CT molecular complexity index is 892. The van der Waals surface area contributed by atoms with Crippen molar-refractivity contribution in [2.24, 2.45) is 5.92 Å². The summed E-state index contributed by atoms with van der Waals surface area (Å²) < 4.78 is 0. The molecule has 0 aliphatic heterocycles. The Morgan fingerprint density at radius 3 is 2.71 bits per heavy atom. The molecule has 1 fully saturated rings. The van der Waals surface area contributed by atoms with Crippen molar-refractivity contribution in [2.75, 3.05) is 0 Å². The third-order valence-electron chi connectivity index (χ3n) is 5.83. The van der Waals surface area contributed by atoms with Crippen LogP contribution in [0.15, 0.2) is 61.2 Å². The number of nitrogens with zero attached hydrogens (tertiary/aromatic N) is 1. The van der Waals surface area contributed by atoms with E-state index in [0.29, 0.717) is 6.04 Å². The lowest BCUT2D eigenvalue weighted by molar-refractivity contribution is 0.328. The van der Waals surface area contributed by atoms with E-state index in [-0.39, 0.29) is 5.92 Å². The maximum absolute atomic E-state index is 4.76. The normalized spacial score (nSPS) is 21.8. The molecule has 1 aliphatic rings. The summed E-state index contributed by atoms with van der Waals surface area (Å²) in [7, 11) is 0. The van der Waals surface area contributed by atoms with Crippen LogP contribution >= 0.6 is 0 Å². The van der Waals surface area contributed by atoms with E-state index < -0.39 is 0 Å². The highest BCUT2D eigenvalue weighted by molar-refractivity contribution is 5.80. The molecule has 1 atom stereocenters. The summed E-state index contributed by atoms with van der Waals surface area (Å²) in [4.78, 5) is 8.24. The van der Waals surface area contributed by atoms with Gasteiger partial charge in [0.15, 0.2) is 0 Å². The lowest BCUT2D eigenvalue weighted by atomic mass is 9.87. The summed E-state index contributed by atoms with van der Waals surface area (Å²) in [5.41, 5.74) is 5.36. The predicted molar refractivity (Wildman–Crippen MR) is 121 cm³/mol. The van der Waals surface area contributed by atoms with Crippen molar-refractivity contribution in [1.82, 2.24) is 15.3 Å². The molecular weight excluding hydrogens is 342 g/mol. The van der Waals surface area contributed by atoms with E-state index in [2.05, 4.69) is 73.7 Å². The number of allylic oxidation sites excluding steroid dienone is 5. The van der Waals surface area contributed by atoms with Gasteiger partial charge in [-0.3, -0.25) is 0 Å². The van der Waals surface area contributed by atoms with Crippen molar-refractivity contribution in [3.05, 3.63) is 72.6 Å². The van der Waals surface area contributed by atoms with Gasteiger partial charge < -0.3 is 10.3 Å². The summed E-state index contributed by atoms with van der Waals surface area (Å²) in [5.74, 6) is 1.84. The Hall–Kier alpha value is -2.55. The highest BCUT2D eigenvalue weighted by Crippen LogP contribution is 2.26. The summed E-state index contributed by atoms with van der Waals surface area (Å²) in [6, 6.07) is 6.87. The second-order valence-electron chi connectivity index (χ2n) is 8.09. The minimum absolute atomic E-state index is 0.0660. The fourth-order valence-corrected chi connectivity index (χ4v) is 3.74. The zero-order valence-electron chi connectivity index (χ0n) is 17.5. The van der Waals surface area contributed by atoms with Crippen LogP contribution in [0.3, 0.4) is 0 Å². The molecule has 3 heteroatoms. The highest BCUT2D eigenvalue weighted by atomic mass is 14.9. The van der Waals surface area contributed by atoms with Gasteiger partial charge >= 0.3 is 0 Å². The first-order chi connectivity index (χ1) is 13.5. The van der Waals surface area contributed by atoms with E-state index in [4.69, 9.17) is 4.98 Å². The molecule has 1 heterocycles. The van der Waals surface area contributed by atoms with Gasteiger partial charge in [-0.2, -0.15) is 0 Å². The van der Waals surface area contributed by atoms with Gasteiger partial charge in [-0.1, -0.05) is 49.4 Å². The van der Waals surface area contributed by atoms with E-state index in [9.17, 15) is 0 Å². The SMILES string of the molecule is C=CC(/C=C\C(C)=C/C)c1nc2ccc(C(=C)NC3CCC(C)CC3)cc2[nH]1. The largest absolute Gasteiger partial charge is 0.382 e. The van der Waals surface area contributed by atoms with Gasteiger partial charge in [0.2, 0.25) is 0 Å². The van der Waals surface area contributed by atoms with Crippen molar-refractivity contribution in [2.45, 2.75) is 58.4 Å². The molecule has 1 unspecified atom stereocenters. The number of aromatic amines is 1. The van der Waals surface area contributed by atoms with Crippen LogP contribution in [0, 0.1) is 5.92 Å². The first-order valence-corrected chi connectivity index (χ1v) is 10.4.